The van der Waals surface area contributed by atoms with Gasteiger partial charge in [0.2, 0.25) is 0 Å². The molecule has 1 atom stereocenters. The standard InChI is InChI=1S/C7H12N4S/c1-5(11-7(8)9-2)6-10-3-4-12-6/h3-5H,1-2H3,(H3,8,9,11). The summed E-state index contributed by atoms with van der Waals surface area (Å²) in [6.45, 7) is 2.00. The molecule has 12 heavy (non-hydrogen) atoms. The van der Waals surface area contributed by atoms with Crippen LogP contribution in [0.1, 0.15) is 18.0 Å². The second-order valence-electron chi connectivity index (χ2n) is 2.35. The van der Waals surface area contributed by atoms with Gasteiger partial charge in [-0.05, 0) is 6.92 Å². The maximum absolute atomic E-state index is 5.50. The van der Waals surface area contributed by atoms with Gasteiger partial charge in [-0.3, -0.25) is 4.99 Å². The first-order chi connectivity index (χ1) is 5.74. The monoisotopic (exact) mass is 184 g/mol. The maximum Gasteiger partial charge on any atom is 0.188 e. The van der Waals surface area contributed by atoms with Crippen molar-refractivity contribution in [1.29, 1.82) is 0 Å². The van der Waals surface area contributed by atoms with Crippen LogP contribution in [-0.2, 0) is 0 Å². The zero-order valence-corrected chi connectivity index (χ0v) is 7.93. The number of thiazole rings is 1. The lowest BCUT2D eigenvalue weighted by Crippen LogP contribution is -2.33. The van der Waals surface area contributed by atoms with Gasteiger partial charge in [-0.1, -0.05) is 0 Å². The Morgan fingerprint density at radius 3 is 3.08 bits per heavy atom. The van der Waals surface area contributed by atoms with Gasteiger partial charge in [0.05, 0.1) is 6.04 Å². The van der Waals surface area contributed by atoms with E-state index in [4.69, 9.17) is 5.73 Å². The lowest BCUT2D eigenvalue weighted by molar-refractivity contribution is 0.704. The van der Waals surface area contributed by atoms with Crippen molar-refractivity contribution in [2.24, 2.45) is 10.7 Å². The van der Waals surface area contributed by atoms with E-state index in [1.165, 1.54) is 0 Å². The molecule has 0 radical (unpaired) electrons. The highest BCUT2D eigenvalue weighted by atomic mass is 32.1. The first-order valence-corrected chi connectivity index (χ1v) is 4.50. The molecule has 0 aromatic carbocycles. The number of guanidine groups is 1. The van der Waals surface area contributed by atoms with E-state index < -0.39 is 0 Å². The molecule has 0 bridgehead atoms. The van der Waals surface area contributed by atoms with E-state index in [9.17, 15) is 0 Å². The number of hydrogen-bond acceptors (Lipinski definition) is 3. The Kier molecular flexibility index (Phi) is 3.04. The Labute approximate surface area is 75.5 Å². The molecule has 0 aliphatic carbocycles. The molecule has 1 heterocycles. The molecule has 0 aliphatic heterocycles. The Balaban J connectivity index is 2.55. The molecule has 1 aromatic rings. The summed E-state index contributed by atoms with van der Waals surface area (Å²) in [6.07, 6.45) is 1.78. The Hall–Kier alpha value is -1.10. The van der Waals surface area contributed by atoms with Crippen LogP contribution in [0.2, 0.25) is 0 Å². The van der Waals surface area contributed by atoms with Crippen molar-refractivity contribution in [3.05, 3.63) is 16.6 Å². The predicted octanol–water partition coefficient (Wildman–Crippen LogP) is 0.738. The summed E-state index contributed by atoms with van der Waals surface area (Å²) in [5.74, 6) is 0.442. The SMILES string of the molecule is CN=C(N)NC(C)c1nccs1. The fourth-order valence-electron chi connectivity index (χ4n) is 0.796. The van der Waals surface area contributed by atoms with Crippen molar-refractivity contribution in [2.45, 2.75) is 13.0 Å². The van der Waals surface area contributed by atoms with Crippen LogP contribution in [0, 0.1) is 0 Å². The first kappa shape index (κ1) is 8.99. The van der Waals surface area contributed by atoms with Gasteiger partial charge in [0.25, 0.3) is 0 Å². The van der Waals surface area contributed by atoms with Crippen molar-refractivity contribution in [1.82, 2.24) is 10.3 Å². The fraction of sp³-hybridized carbons (Fsp3) is 0.429. The highest BCUT2D eigenvalue weighted by Gasteiger charge is 2.06. The fourth-order valence-corrected chi connectivity index (χ4v) is 1.44. The molecule has 0 amide bonds. The number of aliphatic imine (C=N–C) groups is 1. The number of nitrogens with one attached hydrogen (secondary N) is 1. The Morgan fingerprint density at radius 2 is 2.58 bits per heavy atom. The molecule has 66 valence electrons. The lowest BCUT2D eigenvalue weighted by atomic mass is 10.4. The van der Waals surface area contributed by atoms with Crippen molar-refractivity contribution < 1.29 is 0 Å². The van der Waals surface area contributed by atoms with Gasteiger partial charge in [-0.15, -0.1) is 11.3 Å². The number of nitrogens with zero attached hydrogens (tertiary/aromatic N) is 2. The minimum Gasteiger partial charge on any atom is -0.370 e. The molecule has 0 fully saturated rings. The molecular weight excluding hydrogens is 172 g/mol. The highest BCUT2D eigenvalue weighted by Crippen LogP contribution is 2.13. The largest absolute Gasteiger partial charge is 0.370 e. The number of hydrogen-bond donors (Lipinski definition) is 2. The molecule has 1 rings (SSSR count). The number of nitrogens with two attached hydrogens (primary N) is 1. The summed E-state index contributed by atoms with van der Waals surface area (Å²) < 4.78 is 0. The highest BCUT2D eigenvalue weighted by molar-refractivity contribution is 7.09. The van der Waals surface area contributed by atoms with Crippen LogP contribution in [0.4, 0.5) is 0 Å². The summed E-state index contributed by atoms with van der Waals surface area (Å²) in [4.78, 5) is 7.95. The zero-order valence-electron chi connectivity index (χ0n) is 7.11. The molecular formula is C7H12N4S. The number of rotatable bonds is 2. The van der Waals surface area contributed by atoms with Gasteiger partial charge in [-0.25, -0.2) is 4.98 Å². The van der Waals surface area contributed by atoms with Crippen LogP contribution < -0.4 is 11.1 Å². The summed E-state index contributed by atoms with van der Waals surface area (Å²) in [7, 11) is 1.65. The Morgan fingerprint density at radius 1 is 1.83 bits per heavy atom. The van der Waals surface area contributed by atoms with Crippen molar-refractivity contribution >= 4 is 17.3 Å². The quantitative estimate of drug-likeness (QED) is 0.526. The first-order valence-electron chi connectivity index (χ1n) is 3.62. The average molecular weight is 184 g/mol. The van der Waals surface area contributed by atoms with Crippen LogP contribution in [-0.4, -0.2) is 18.0 Å². The molecule has 4 nitrogen and oxygen atoms in total. The molecule has 0 aliphatic rings. The van der Waals surface area contributed by atoms with E-state index >= 15 is 0 Å². The third-order valence-electron chi connectivity index (χ3n) is 1.43. The van der Waals surface area contributed by atoms with Crippen LogP contribution in [0.3, 0.4) is 0 Å². The molecule has 0 spiro atoms. The molecule has 0 saturated heterocycles. The topological polar surface area (TPSA) is 63.3 Å². The van der Waals surface area contributed by atoms with E-state index in [2.05, 4.69) is 15.3 Å². The summed E-state index contributed by atoms with van der Waals surface area (Å²) in [5.41, 5.74) is 5.50. The predicted molar refractivity (Wildman–Crippen MR) is 51.2 cm³/mol. The van der Waals surface area contributed by atoms with Gasteiger partial charge in [0, 0.05) is 18.6 Å². The summed E-state index contributed by atoms with van der Waals surface area (Å²) in [6, 6.07) is 0.133. The zero-order chi connectivity index (χ0) is 8.97. The number of aromatic nitrogens is 1. The van der Waals surface area contributed by atoms with Crippen LogP contribution >= 0.6 is 11.3 Å². The molecule has 3 N–H and O–H groups in total. The van der Waals surface area contributed by atoms with Gasteiger partial charge < -0.3 is 11.1 Å². The second-order valence-corrected chi connectivity index (χ2v) is 3.27. The van der Waals surface area contributed by atoms with Gasteiger partial charge >= 0.3 is 0 Å². The molecule has 5 heteroatoms. The average Bonchev–Trinajstić information content (AvgIpc) is 2.56. The van der Waals surface area contributed by atoms with Gasteiger partial charge in [0.15, 0.2) is 5.96 Å². The van der Waals surface area contributed by atoms with E-state index in [-0.39, 0.29) is 6.04 Å². The molecule has 1 unspecified atom stereocenters. The lowest BCUT2D eigenvalue weighted by Gasteiger charge is -2.10. The minimum atomic E-state index is 0.133. The summed E-state index contributed by atoms with van der Waals surface area (Å²) >= 11 is 1.60. The smallest absolute Gasteiger partial charge is 0.188 e. The maximum atomic E-state index is 5.50. The minimum absolute atomic E-state index is 0.133. The van der Waals surface area contributed by atoms with Crippen LogP contribution in [0.5, 0.6) is 0 Å². The van der Waals surface area contributed by atoms with Crippen molar-refractivity contribution in [3.8, 4) is 0 Å². The van der Waals surface area contributed by atoms with E-state index in [0.717, 1.165) is 5.01 Å². The van der Waals surface area contributed by atoms with Crippen LogP contribution in [0.15, 0.2) is 16.6 Å². The van der Waals surface area contributed by atoms with E-state index in [1.54, 1.807) is 24.6 Å². The van der Waals surface area contributed by atoms with Gasteiger partial charge in [-0.2, -0.15) is 0 Å². The van der Waals surface area contributed by atoms with E-state index in [1.807, 2.05) is 12.3 Å². The van der Waals surface area contributed by atoms with Crippen molar-refractivity contribution in [3.63, 3.8) is 0 Å². The Bertz CT molecular complexity index is 254. The van der Waals surface area contributed by atoms with E-state index in [0.29, 0.717) is 5.96 Å². The second kappa shape index (κ2) is 4.06. The molecule has 1 aromatic heterocycles. The third kappa shape index (κ3) is 2.20. The van der Waals surface area contributed by atoms with Gasteiger partial charge in [0.1, 0.15) is 5.01 Å². The van der Waals surface area contributed by atoms with Crippen molar-refractivity contribution in [2.75, 3.05) is 7.05 Å². The third-order valence-corrected chi connectivity index (χ3v) is 2.39. The van der Waals surface area contributed by atoms with Crippen LogP contribution in [0.25, 0.3) is 0 Å². The summed E-state index contributed by atoms with van der Waals surface area (Å²) in [5, 5.41) is 5.96. The normalized spacial score (nSPS) is 14.3. The molecule has 0 saturated carbocycles.